The average molecular weight is 435 g/mol. The summed E-state index contributed by atoms with van der Waals surface area (Å²) in [5.41, 5.74) is 4.65. The number of carbonyl (C=O) groups is 1. The number of fused-ring (bicyclic) bond motifs is 1. The van der Waals surface area contributed by atoms with Gasteiger partial charge in [0.1, 0.15) is 11.5 Å². The van der Waals surface area contributed by atoms with Crippen molar-refractivity contribution in [1.82, 2.24) is 9.88 Å². The maximum absolute atomic E-state index is 13.7. The third kappa shape index (κ3) is 4.20. The SMILES string of the molecule is Cc1cn(Cc2ccccc2)c(C(=O)NC(C)c2ccc3ccccc3c2)c1-c1ccco1. The van der Waals surface area contributed by atoms with Gasteiger partial charge in [0.05, 0.1) is 17.9 Å². The molecule has 1 amide bonds. The number of nitrogens with one attached hydrogen (secondary N) is 1. The molecular weight excluding hydrogens is 408 g/mol. The van der Waals surface area contributed by atoms with Crippen LogP contribution in [0.1, 0.15) is 40.1 Å². The molecule has 33 heavy (non-hydrogen) atoms. The largest absolute Gasteiger partial charge is 0.464 e. The molecule has 0 saturated heterocycles. The first-order valence-electron chi connectivity index (χ1n) is 11.2. The highest BCUT2D eigenvalue weighted by Gasteiger charge is 2.24. The van der Waals surface area contributed by atoms with Crippen molar-refractivity contribution in [2.45, 2.75) is 26.4 Å². The Morgan fingerprint density at radius 1 is 0.939 bits per heavy atom. The zero-order chi connectivity index (χ0) is 22.8. The highest BCUT2D eigenvalue weighted by atomic mass is 16.3. The third-order valence-electron chi connectivity index (χ3n) is 6.07. The van der Waals surface area contributed by atoms with Crippen molar-refractivity contribution in [3.8, 4) is 11.3 Å². The van der Waals surface area contributed by atoms with Crippen LogP contribution in [0.25, 0.3) is 22.1 Å². The van der Waals surface area contributed by atoms with Crippen LogP contribution < -0.4 is 5.32 Å². The molecule has 4 heteroatoms. The number of rotatable bonds is 6. The summed E-state index contributed by atoms with van der Waals surface area (Å²) in [4.78, 5) is 13.7. The van der Waals surface area contributed by atoms with Crippen molar-refractivity contribution in [2.75, 3.05) is 0 Å². The van der Waals surface area contributed by atoms with Gasteiger partial charge in [-0.1, -0.05) is 66.7 Å². The number of hydrogen-bond donors (Lipinski definition) is 1. The number of benzene rings is 3. The van der Waals surface area contributed by atoms with Gasteiger partial charge in [-0.3, -0.25) is 4.79 Å². The summed E-state index contributed by atoms with van der Waals surface area (Å²) >= 11 is 0. The van der Waals surface area contributed by atoms with Crippen LogP contribution in [0.5, 0.6) is 0 Å². The van der Waals surface area contributed by atoms with Crippen LogP contribution in [-0.2, 0) is 6.54 Å². The molecule has 1 unspecified atom stereocenters. The van der Waals surface area contributed by atoms with Crippen LogP contribution in [0.4, 0.5) is 0 Å². The molecule has 4 nitrogen and oxygen atoms in total. The first kappa shape index (κ1) is 20.8. The van der Waals surface area contributed by atoms with E-state index >= 15 is 0 Å². The maximum Gasteiger partial charge on any atom is 0.269 e. The third-order valence-corrected chi connectivity index (χ3v) is 6.07. The van der Waals surface area contributed by atoms with Crippen molar-refractivity contribution in [1.29, 1.82) is 0 Å². The molecular formula is C29H26N2O2. The summed E-state index contributed by atoms with van der Waals surface area (Å²) in [6.07, 6.45) is 3.67. The molecule has 0 saturated carbocycles. The van der Waals surface area contributed by atoms with Crippen molar-refractivity contribution in [2.24, 2.45) is 0 Å². The zero-order valence-electron chi connectivity index (χ0n) is 18.8. The zero-order valence-corrected chi connectivity index (χ0v) is 18.8. The summed E-state index contributed by atoms with van der Waals surface area (Å²) in [7, 11) is 0. The van der Waals surface area contributed by atoms with E-state index in [0.29, 0.717) is 18.0 Å². The van der Waals surface area contributed by atoms with Gasteiger partial charge >= 0.3 is 0 Å². The summed E-state index contributed by atoms with van der Waals surface area (Å²) in [5.74, 6) is 0.578. The van der Waals surface area contributed by atoms with E-state index in [9.17, 15) is 4.79 Å². The number of aromatic nitrogens is 1. The lowest BCUT2D eigenvalue weighted by molar-refractivity contribution is 0.0931. The molecule has 0 aliphatic rings. The smallest absolute Gasteiger partial charge is 0.269 e. The number of hydrogen-bond acceptors (Lipinski definition) is 2. The lowest BCUT2D eigenvalue weighted by Gasteiger charge is -2.17. The first-order chi connectivity index (χ1) is 16.1. The quantitative estimate of drug-likeness (QED) is 0.321. The van der Waals surface area contributed by atoms with E-state index in [2.05, 4.69) is 47.8 Å². The molecule has 0 fully saturated rings. The standard InChI is InChI=1S/C29H26N2O2/c1-20-18-31(19-22-9-4-3-5-10-22)28(27(20)26-13-8-16-33-26)29(32)30-21(2)24-15-14-23-11-6-7-12-25(23)17-24/h3-18,21H,19H2,1-2H3,(H,30,32). The maximum atomic E-state index is 13.7. The van der Waals surface area contributed by atoms with Crippen molar-refractivity contribution < 1.29 is 9.21 Å². The van der Waals surface area contributed by atoms with Crippen LogP contribution >= 0.6 is 0 Å². The van der Waals surface area contributed by atoms with Gasteiger partial charge in [-0.15, -0.1) is 0 Å². The van der Waals surface area contributed by atoms with Crippen LogP contribution in [0.2, 0.25) is 0 Å². The molecule has 5 aromatic rings. The number of furan rings is 1. The molecule has 164 valence electrons. The second-order valence-corrected chi connectivity index (χ2v) is 8.43. The first-order valence-corrected chi connectivity index (χ1v) is 11.2. The molecule has 5 rings (SSSR count). The van der Waals surface area contributed by atoms with Crippen LogP contribution in [0.15, 0.2) is 102 Å². The van der Waals surface area contributed by atoms with Crippen LogP contribution in [-0.4, -0.2) is 10.5 Å². The van der Waals surface area contributed by atoms with Gasteiger partial charge in [0.2, 0.25) is 0 Å². The van der Waals surface area contributed by atoms with E-state index in [-0.39, 0.29) is 11.9 Å². The van der Waals surface area contributed by atoms with Crippen LogP contribution in [0.3, 0.4) is 0 Å². The highest BCUT2D eigenvalue weighted by molar-refractivity contribution is 6.00. The Balaban J connectivity index is 1.50. The van der Waals surface area contributed by atoms with E-state index in [1.54, 1.807) is 6.26 Å². The van der Waals surface area contributed by atoms with Gasteiger partial charge in [-0.25, -0.2) is 0 Å². The van der Waals surface area contributed by atoms with E-state index in [1.165, 1.54) is 5.39 Å². The number of carbonyl (C=O) groups excluding carboxylic acids is 1. The number of nitrogens with zero attached hydrogens (tertiary/aromatic N) is 1. The van der Waals surface area contributed by atoms with Crippen molar-refractivity contribution in [3.05, 3.63) is 120 Å². The Kier molecular flexibility index (Phi) is 5.57. The monoisotopic (exact) mass is 434 g/mol. The summed E-state index contributed by atoms with van der Waals surface area (Å²) in [6.45, 7) is 4.64. The predicted molar refractivity (Wildman–Crippen MR) is 132 cm³/mol. The van der Waals surface area contributed by atoms with Crippen LogP contribution in [0, 0.1) is 6.92 Å². The van der Waals surface area contributed by atoms with Gasteiger partial charge in [-0.05, 0) is 59.5 Å². The molecule has 0 aliphatic carbocycles. The Labute approximate surface area is 193 Å². The minimum absolute atomic E-state index is 0.119. The second-order valence-electron chi connectivity index (χ2n) is 8.43. The van der Waals surface area contributed by atoms with Gasteiger partial charge in [-0.2, -0.15) is 0 Å². The summed E-state index contributed by atoms with van der Waals surface area (Å²) in [6, 6.07) is 28.3. The Morgan fingerprint density at radius 3 is 2.45 bits per heavy atom. The molecule has 0 spiro atoms. The molecule has 1 N–H and O–H groups in total. The fourth-order valence-corrected chi connectivity index (χ4v) is 4.40. The molecule has 3 aromatic carbocycles. The molecule has 1 atom stereocenters. The Morgan fingerprint density at radius 2 is 1.70 bits per heavy atom. The Bertz CT molecular complexity index is 1400. The minimum atomic E-state index is -0.146. The molecule has 0 aliphatic heterocycles. The average Bonchev–Trinajstić information content (AvgIpc) is 3.47. The lowest BCUT2D eigenvalue weighted by Crippen LogP contribution is -2.29. The Hall–Kier alpha value is -4.05. The van der Waals surface area contributed by atoms with E-state index in [4.69, 9.17) is 4.42 Å². The summed E-state index contributed by atoms with van der Waals surface area (Å²) in [5, 5.41) is 5.57. The number of aryl methyl sites for hydroxylation is 1. The predicted octanol–water partition coefficient (Wildman–Crippen LogP) is 6.75. The lowest BCUT2D eigenvalue weighted by atomic mass is 10.0. The fourth-order valence-electron chi connectivity index (χ4n) is 4.40. The van der Waals surface area contributed by atoms with Gasteiger partial charge in [0.25, 0.3) is 5.91 Å². The molecule has 0 radical (unpaired) electrons. The number of amides is 1. The highest BCUT2D eigenvalue weighted by Crippen LogP contribution is 2.31. The van der Waals surface area contributed by atoms with E-state index < -0.39 is 0 Å². The normalized spacial score (nSPS) is 12.1. The topological polar surface area (TPSA) is 47.2 Å². The van der Waals surface area contributed by atoms with E-state index in [0.717, 1.165) is 27.6 Å². The van der Waals surface area contributed by atoms with Gasteiger partial charge in [0, 0.05) is 12.7 Å². The minimum Gasteiger partial charge on any atom is -0.464 e. The molecule has 0 bridgehead atoms. The molecule has 2 heterocycles. The van der Waals surface area contributed by atoms with Gasteiger partial charge < -0.3 is 14.3 Å². The van der Waals surface area contributed by atoms with Crippen molar-refractivity contribution in [3.63, 3.8) is 0 Å². The van der Waals surface area contributed by atoms with Crippen molar-refractivity contribution >= 4 is 16.7 Å². The second kappa shape index (κ2) is 8.83. The molecule has 2 aromatic heterocycles. The fraction of sp³-hybridized carbons (Fsp3) is 0.138. The van der Waals surface area contributed by atoms with E-state index in [1.807, 2.05) is 67.1 Å². The summed E-state index contributed by atoms with van der Waals surface area (Å²) < 4.78 is 7.72. The van der Waals surface area contributed by atoms with Gasteiger partial charge in [0.15, 0.2) is 0 Å².